The maximum absolute atomic E-state index is 13.4. The maximum atomic E-state index is 13.4. The summed E-state index contributed by atoms with van der Waals surface area (Å²) in [5, 5.41) is 13.8. The van der Waals surface area contributed by atoms with E-state index in [1.807, 2.05) is 6.92 Å². The van der Waals surface area contributed by atoms with E-state index in [0.717, 1.165) is 11.6 Å². The quantitative estimate of drug-likeness (QED) is 0.890. The van der Waals surface area contributed by atoms with Crippen molar-refractivity contribution in [3.63, 3.8) is 0 Å². The van der Waals surface area contributed by atoms with Gasteiger partial charge in [0.15, 0.2) is 11.6 Å². The first-order valence-corrected chi connectivity index (χ1v) is 5.19. The van der Waals surface area contributed by atoms with Crippen molar-refractivity contribution >= 4 is 0 Å². The van der Waals surface area contributed by atoms with Crippen LogP contribution in [0.25, 0.3) is 0 Å². The standard InChI is InChI=1S/C12H12F2N2O/c1-8-5-15-16(6-8)7-11(17)9-3-2-4-10(13)12(9)14/h2-6,11,17H,7H2,1H3. The Morgan fingerprint density at radius 3 is 2.82 bits per heavy atom. The smallest absolute Gasteiger partial charge is 0.164 e. The van der Waals surface area contributed by atoms with E-state index in [4.69, 9.17) is 0 Å². The summed E-state index contributed by atoms with van der Waals surface area (Å²) >= 11 is 0. The van der Waals surface area contributed by atoms with Crippen molar-refractivity contribution in [3.05, 3.63) is 53.4 Å². The van der Waals surface area contributed by atoms with E-state index in [1.165, 1.54) is 16.8 Å². The van der Waals surface area contributed by atoms with Crippen LogP contribution in [0.3, 0.4) is 0 Å². The second-order valence-corrected chi connectivity index (χ2v) is 3.90. The molecule has 0 saturated carbocycles. The summed E-state index contributed by atoms with van der Waals surface area (Å²) in [7, 11) is 0. The van der Waals surface area contributed by atoms with Crippen LogP contribution in [0.4, 0.5) is 8.78 Å². The van der Waals surface area contributed by atoms with Crippen molar-refractivity contribution in [1.82, 2.24) is 9.78 Å². The van der Waals surface area contributed by atoms with Crippen LogP contribution in [0.5, 0.6) is 0 Å². The molecule has 1 unspecified atom stereocenters. The number of nitrogens with zero attached hydrogens (tertiary/aromatic N) is 2. The number of rotatable bonds is 3. The zero-order chi connectivity index (χ0) is 12.4. The largest absolute Gasteiger partial charge is 0.386 e. The average Bonchev–Trinajstić information content (AvgIpc) is 2.68. The predicted octanol–water partition coefficient (Wildman–Crippen LogP) is 2.20. The Morgan fingerprint density at radius 1 is 1.41 bits per heavy atom. The Kier molecular flexibility index (Phi) is 3.19. The van der Waals surface area contributed by atoms with Gasteiger partial charge < -0.3 is 5.11 Å². The first-order chi connectivity index (χ1) is 8.08. The molecule has 90 valence electrons. The number of benzene rings is 1. The summed E-state index contributed by atoms with van der Waals surface area (Å²) in [5.74, 6) is -1.97. The molecule has 0 aliphatic heterocycles. The van der Waals surface area contributed by atoms with E-state index in [0.29, 0.717) is 0 Å². The molecule has 0 radical (unpaired) electrons. The van der Waals surface area contributed by atoms with Crippen LogP contribution in [-0.4, -0.2) is 14.9 Å². The summed E-state index contributed by atoms with van der Waals surface area (Å²) in [4.78, 5) is 0. The van der Waals surface area contributed by atoms with Gasteiger partial charge in [0.05, 0.1) is 12.7 Å². The molecule has 1 aromatic heterocycles. The van der Waals surface area contributed by atoms with Crippen molar-refractivity contribution in [2.24, 2.45) is 0 Å². The van der Waals surface area contributed by atoms with Gasteiger partial charge >= 0.3 is 0 Å². The van der Waals surface area contributed by atoms with E-state index in [2.05, 4.69) is 5.10 Å². The number of aliphatic hydroxyl groups excluding tert-OH is 1. The molecule has 1 heterocycles. The van der Waals surface area contributed by atoms with Crippen LogP contribution in [0.2, 0.25) is 0 Å². The summed E-state index contributed by atoms with van der Waals surface area (Å²) < 4.78 is 27.9. The third-order valence-electron chi connectivity index (χ3n) is 2.46. The lowest BCUT2D eigenvalue weighted by molar-refractivity contribution is 0.146. The highest BCUT2D eigenvalue weighted by atomic mass is 19.2. The minimum atomic E-state index is -1.12. The highest BCUT2D eigenvalue weighted by molar-refractivity contribution is 5.21. The van der Waals surface area contributed by atoms with Gasteiger partial charge in [0.25, 0.3) is 0 Å². The Hall–Kier alpha value is -1.75. The number of halogens is 2. The van der Waals surface area contributed by atoms with Crippen LogP contribution in [0.1, 0.15) is 17.2 Å². The van der Waals surface area contributed by atoms with Gasteiger partial charge in [-0.2, -0.15) is 5.10 Å². The van der Waals surface area contributed by atoms with Crippen molar-refractivity contribution in [2.75, 3.05) is 0 Å². The highest BCUT2D eigenvalue weighted by Crippen LogP contribution is 2.20. The zero-order valence-corrected chi connectivity index (χ0v) is 9.27. The molecule has 0 amide bonds. The summed E-state index contributed by atoms with van der Waals surface area (Å²) in [6.07, 6.45) is 2.24. The lowest BCUT2D eigenvalue weighted by Crippen LogP contribution is -2.11. The second-order valence-electron chi connectivity index (χ2n) is 3.90. The monoisotopic (exact) mass is 238 g/mol. The minimum Gasteiger partial charge on any atom is -0.386 e. The first kappa shape index (κ1) is 11.7. The van der Waals surface area contributed by atoms with Crippen LogP contribution in [0, 0.1) is 18.6 Å². The fourth-order valence-electron chi connectivity index (χ4n) is 1.62. The maximum Gasteiger partial charge on any atom is 0.164 e. The van der Waals surface area contributed by atoms with E-state index >= 15 is 0 Å². The fourth-order valence-corrected chi connectivity index (χ4v) is 1.62. The third kappa shape index (κ3) is 2.50. The highest BCUT2D eigenvalue weighted by Gasteiger charge is 2.16. The molecule has 1 atom stereocenters. The molecule has 1 N–H and O–H groups in total. The van der Waals surface area contributed by atoms with Gasteiger partial charge in [-0.25, -0.2) is 8.78 Å². The van der Waals surface area contributed by atoms with Crippen LogP contribution in [-0.2, 0) is 6.54 Å². The van der Waals surface area contributed by atoms with Crippen LogP contribution < -0.4 is 0 Å². The second kappa shape index (κ2) is 4.63. The SMILES string of the molecule is Cc1cnn(CC(O)c2cccc(F)c2F)c1. The molecule has 1 aromatic carbocycles. The Morgan fingerprint density at radius 2 is 2.18 bits per heavy atom. The lowest BCUT2D eigenvalue weighted by Gasteiger charge is -2.12. The molecular weight excluding hydrogens is 226 g/mol. The molecule has 2 rings (SSSR count). The Labute approximate surface area is 97.3 Å². The Bertz CT molecular complexity index is 525. The molecule has 0 fully saturated rings. The normalized spacial score (nSPS) is 12.7. The van der Waals surface area contributed by atoms with Crippen molar-refractivity contribution < 1.29 is 13.9 Å². The number of aliphatic hydroxyl groups is 1. The van der Waals surface area contributed by atoms with E-state index in [1.54, 1.807) is 12.4 Å². The van der Waals surface area contributed by atoms with Crippen LogP contribution in [0.15, 0.2) is 30.6 Å². The van der Waals surface area contributed by atoms with Crippen molar-refractivity contribution in [3.8, 4) is 0 Å². The van der Waals surface area contributed by atoms with Gasteiger partial charge in [-0.15, -0.1) is 0 Å². The van der Waals surface area contributed by atoms with Gasteiger partial charge in [-0.3, -0.25) is 4.68 Å². The van der Waals surface area contributed by atoms with Crippen molar-refractivity contribution in [2.45, 2.75) is 19.6 Å². The molecule has 0 saturated heterocycles. The van der Waals surface area contributed by atoms with Gasteiger partial charge in [0, 0.05) is 11.8 Å². The van der Waals surface area contributed by atoms with Gasteiger partial charge in [0.1, 0.15) is 6.10 Å². The number of hydrogen-bond donors (Lipinski definition) is 1. The van der Waals surface area contributed by atoms with E-state index < -0.39 is 17.7 Å². The molecule has 0 spiro atoms. The molecule has 0 bridgehead atoms. The molecule has 5 heteroatoms. The van der Waals surface area contributed by atoms with Gasteiger partial charge in [0.2, 0.25) is 0 Å². The summed E-state index contributed by atoms with van der Waals surface area (Å²) in [5.41, 5.74) is 0.884. The number of hydrogen-bond acceptors (Lipinski definition) is 2. The lowest BCUT2D eigenvalue weighted by atomic mass is 10.1. The first-order valence-electron chi connectivity index (χ1n) is 5.19. The summed E-state index contributed by atoms with van der Waals surface area (Å²) in [6, 6.07) is 3.74. The van der Waals surface area contributed by atoms with Gasteiger partial charge in [-0.1, -0.05) is 12.1 Å². The van der Waals surface area contributed by atoms with Crippen LogP contribution >= 0.6 is 0 Å². The van der Waals surface area contributed by atoms with Crippen molar-refractivity contribution in [1.29, 1.82) is 0 Å². The third-order valence-corrected chi connectivity index (χ3v) is 2.46. The molecule has 3 nitrogen and oxygen atoms in total. The average molecular weight is 238 g/mol. The van der Waals surface area contributed by atoms with E-state index in [-0.39, 0.29) is 12.1 Å². The molecule has 17 heavy (non-hydrogen) atoms. The fraction of sp³-hybridized carbons (Fsp3) is 0.250. The molecule has 0 aliphatic rings. The number of aryl methyl sites for hydroxylation is 1. The number of aromatic nitrogens is 2. The Balaban J connectivity index is 2.20. The minimum absolute atomic E-state index is 0.0573. The summed E-state index contributed by atoms with van der Waals surface area (Å²) in [6.45, 7) is 1.95. The van der Waals surface area contributed by atoms with Gasteiger partial charge in [-0.05, 0) is 18.6 Å². The van der Waals surface area contributed by atoms with E-state index in [9.17, 15) is 13.9 Å². The topological polar surface area (TPSA) is 38.0 Å². The zero-order valence-electron chi connectivity index (χ0n) is 9.27. The molecular formula is C12H12F2N2O. The molecule has 2 aromatic rings. The molecule has 0 aliphatic carbocycles. The predicted molar refractivity (Wildman–Crippen MR) is 58.3 cm³/mol.